The second-order valence-electron chi connectivity index (χ2n) is 7.66. The van der Waals surface area contributed by atoms with Crippen molar-refractivity contribution in [3.63, 3.8) is 0 Å². The third-order valence-corrected chi connectivity index (χ3v) is 6.33. The van der Waals surface area contributed by atoms with Crippen LogP contribution >= 0.6 is 11.8 Å². The van der Waals surface area contributed by atoms with Gasteiger partial charge in [-0.05, 0) is 102 Å². The largest absolute Gasteiger partial charge is 0.469 e. The third-order valence-electron chi connectivity index (χ3n) is 5.59. The number of hydrogen-bond donors (Lipinski definition) is 0. The Balaban J connectivity index is 0.000000330. The van der Waals surface area contributed by atoms with Crippen molar-refractivity contribution >= 4 is 29.0 Å². The molecular formula is C28H31FOS. The second kappa shape index (κ2) is 11.2. The molecule has 0 bridgehead atoms. The van der Waals surface area contributed by atoms with E-state index >= 15 is 0 Å². The van der Waals surface area contributed by atoms with Gasteiger partial charge < -0.3 is 4.42 Å². The Labute approximate surface area is 190 Å². The molecule has 1 aliphatic rings. The van der Waals surface area contributed by atoms with E-state index in [0.717, 1.165) is 42.6 Å². The van der Waals surface area contributed by atoms with E-state index in [1.165, 1.54) is 27.2 Å². The molecule has 0 saturated heterocycles. The molecule has 1 heterocycles. The van der Waals surface area contributed by atoms with Crippen molar-refractivity contribution < 1.29 is 8.81 Å². The van der Waals surface area contributed by atoms with Crippen LogP contribution in [0.25, 0.3) is 17.2 Å². The lowest BCUT2D eigenvalue weighted by atomic mass is 10.00. The highest BCUT2D eigenvalue weighted by molar-refractivity contribution is 7.98. The highest BCUT2D eigenvalue weighted by Crippen LogP contribution is 2.44. The second-order valence-corrected chi connectivity index (χ2v) is 8.54. The summed E-state index contributed by atoms with van der Waals surface area (Å²) in [5, 5.41) is 0. The Kier molecular flexibility index (Phi) is 8.36. The van der Waals surface area contributed by atoms with Gasteiger partial charge in [-0.25, -0.2) is 4.39 Å². The number of rotatable bonds is 6. The average molecular weight is 435 g/mol. The van der Waals surface area contributed by atoms with Gasteiger partial charge in [0.1, 0.15) is 11.6 Å². The topological polar surface area (TPSA) is 13.1 Å². The minimum absolute atomic E-state index is 0.152. The van der Waals surface area contributed by atoms with Crippen molar-refractivity contribution in [2.45, 2.75) is 51.3 Å². The summed E-state index contributed by atoms with van der Waals surface area (Å²) in [6.07, 6.45) is 10.3. The number of allylic oxidation sites excluding steroid dienone is 3. The Morgan fingerprint density at radius 2 is 1.77 bits per heavy atom. The standard InChI is InChI=1S/C22H23FS.C6H8O/c1-4-5-6-19-15(2)21(20-12-9-17(23)14-22(19)20)13-16-7-10-18(24-3)11-8-16;1-2-6-4-3-5-7-6/h7-14H,4-6H2,1-3H3;3-5H,2H2,1H3/b21-13-;. The summed E-state index contributed by atoms with van der Waals surface area (Å²) in [6, 6.07) is 17.7. The van der Waals surface area contributed by atoms with Crippen LogP contribution in [0.2, 0.25) is 0 Å². The lowest BCUT2D eigenvalue weighted by Gasteiger charge is -2.05. The zero-order valence-corrected chi connectivity index (χ0v) is 19.7. The van der Waals surface area contributed by atoms with Gasteiger partial charge in [-0.1, -0.05) is 38.5 Å². The van der Waals surface area contributed by atoms with Gasteiger partial charge in [0.05, 0.1) is 6.26 Å². The Bertz CT molecular complexity index is 1040. The summed E-state index contributed by atoms with van der Waals surface area (Å²) in [6.45, 7) is 6.44. The van der Waals surface area contributed by atoms with Gasteiger partial charge in [-0.3, -0.25) is 0 Å². The van der Waals surface area contributed by atoms with Gasteiger partial charge in [0.25, 0.3) is 0 Å². The molecule has 0 unspecified atom stereocenters. The van der Waals surface area contributed by atoms with Crippen LogP contribution in [-0.2, 0) is 6.42 Å². The maximum Gasteiger partial charge on any atom is 0.123 e. The highest BCUT2D eigenvalue weighted by Gasteiger charge is 2.23. The van der Waals surface area contributed by atoms with E-state index in [9.17, 15) is 4.39 Å². The van der Waals surface area contributed by atoms with Crippen molar-refractivity contribution in [2.75, 3.05) is 6.26 Å². The molecule has 0 radical (unpaired) electrons. The first-order valence-corrected chi connectivity index (χ1v) is 12.2. The molecule has 0 atom stereocenters. The maximum absolute atomic E-state index is 13.8. The highest BCUT2D eigenvalue weighted by atomic mass is 32.2. The fraction of sp³-hybridized carbons (Fsp3) is 0.286. The van der Waals surface area contributed by atoms with Gasteiger partial charge in [-0.2, -0.15) is 0 Å². The molecule has 0 amide bonds. The maximum atomic E-state index is 13.8. The van der Waals surface area contributed by atoms with E-state index in [0.29, 0.717) is 0 Å². The summed E-state index contributed by atoms with van der Waals surface area (Å²) in [5.41, 5.74) is 7.25. The molecule has 0 aliphatic heterocycles. The van der Waals surface area contributed by atoms with Crippen molar-refractivity contribution in [2.24, 2.45) is 0 Å². The summed E-state index contributed by atoms with van der Waals surface area (Å²) in [4.78, 5) is 1.27. The Morgan fingerprint density at radius 3 is 2.35 bits per heavy atom. The summed E-state index contributed by atoms with van der Waals surface area (Å²) in [7, 11) is 0. The van der Waals surface area contributed by atoms with E-state index in [1.54, 1.807) is 30.2 Å². The summed E-state index contributed by atoms with van der Waals surface area (Å²) in [5.74, 6) is 0.904. The first-order valence-electron chi connectivity index (χ1n) is 11.0. The van der Waals surface area contributed by atoms with E-state index in [4.69, 9.17) is 4.42 Å². The molecule has 1 aromatic heterocycles. The monoisotopic (exact) mass is 434 g/mol. The lowest BCUT2D eigenvalue weighted by Crippen LogP contribution is -1.87. The van der Waals surface area contributed by atoms with Crippen LogP contribution in [0.5, 0.6) is 0 Å². The smallest absolute Gasteiger partial charge is 0.123 e. The number of halogens is 1. The zero-order valence-electron chi connectivity index (χ0n) is 18.9. The fourth-order valence-electron chi connectivity index (χ4n) is 3.81. The number of hydrogen-bond acceptors (Lipinski definition) is 2. The number of unbranched alkanes of at least 4 members (excludes halogenated alkanes) is 1. The van der Waals surface area contributed by atoms with E-state index in [2.05, 4.69) is 57.4 Å². The predicted octanol–water partition coefficient (Wildman–Crippen LogP) is 8.91. The third kappa shape index (κ3) is 5.80. The molecule has 0 N–H and O–H groups in total. The molecule has 1 aliphatic carbocycles. The van der Waals surface area contributed by atoms with E-state index in [1.807, 2.05) is 18.2 Å². The van der Waals surface area contributed by atoms with Crippen LogP contribution in [-0.4, -0.2) is 6.26 Å². The number of aryl methyl sites for hydroxylation is 1. The normalized spacial score (nSPS) is 13.9. The van der Waals surface area contributed by atoms with Crippen LogP contribution in [0.15, 0.2) is 75.7 Å². The summed E-state index contributed by atoms with van der Waals surface area (Å²) >= 11 is 1.75. The van der Waals surface area contributed by atoms with Gasteiger partial charge in [0.15, 0.2) is 0 Å². The van der Waals surface area contributed by atoms with Gasteiger partial charge in [0.2, 0.25) is 0 Å². The Hall–Kier alpha value is -2.52. The molecule has 2 aromatic carbocycles. The molecule has 0 spiro atoms. The molecule has 0 fully saturated rings. The molecule has 162 valence electrons. The van der Waals surface area contributed by atoms with Gasteiger partial charge >= 0.3 is 0 Å². The average Bonchev–Trinajstić information content (AvgIpc) is 3.40. The fourth-order valence-corrected chi connectivity index (χ4v) is 4.22. The van der Waals surface area contributed by atoms with Crippen LogP contribution in [0.4, 0.5) is 4.39 Å². The van der Waals surface area contributed by atoms with Crippen LogP contribution in [0.3, 0.4) is 0 Å². The number of benzene rings is 2. The molecule has 4 rings (SSSR count). The van der Waals surface area contributed by atoms with Gasteiger partial charge in [0, 0.05) is 11.3 Å². The minimum Gasteiger partial charge on any atom is -0.469 e. The number of thioether (sulfide) groups is 1. The van der Waals surface area contributed by atoms with Crippen LogP contribution in [0, 0.1) is 5.82 Å². The predicted molar refractivity (Wildman–Crippen MR) is 133 cm³/mol. The minimum atomic E-state index is -0.152. The number of fused-ring (bicyclic) bond motifs is 1. The first-order chi connectivity index (χ1) is 15.1. The van der Waals surface area contributed by atoms with Crippen molar-refractivity contribution in [1.29, 1.82) is 0 Å². The molecule has 0 saturated carbocycles. The van der Waals surface area contributed by atoms with Crippen molar-refractivity contribution in [3.8, 4) is 0 Å². The van der Waals surface area contributed by atoms with Crippen molar-refractivity contribution in [3.05, 3.63) is 94.7 Å². The summed E-state index contributed by atoms with van der Waals surface area (Å²) < 4.78 is 18.8. The molecular weight excluding hydrogens is 403 g/mol. The van der Waals surface area contributed by atoms with E-state index < -0.39 is 0 Å². The SMILES string of the molecule is CCCCC1=C(C)/C(=C/c2ccc(SC)cc2)c2ccc(F)cc21.CCc1ccco1. The molecule has 31 heavy (non-hydrogen) atoms. The van der Waals surface area contributed by atoms with Crippen molar-refractivity contribution in [1.82, 2.24) is 0 Å². The van der Waals surface area contributed by atoms with Crippen LogP contribution in [0.1, 0.15) is 62.5 Å². The molecule has 3 aromatic rings. The van der Waals surface area contributed by atoms with E-state index in [-0.39, 0.29) is 5.82 Å². The van der Waals surface area contributed by atoms with Crippen LogP contribution < -0.4 is 0 Å². The zero-order chi connectivity index (χ0) is 22.2. The lowest BCUT2D eigenvalue weighted by molar-refractivity contribution is 0.516. The molecule has 1 nitrogen and oxygen atoms in total. The first kappa shape index (κ1) is 23.1. The molecule has 3 heteroatoms. The number of furan rings is 1. The quantitative estimate of drug-likeness (QED) is 0.359. The van der Waals surface area contributed by atoms with Gasteiger partial charge in [-0.15, -0.1) is 11.8 Å². The Morgan fingerprint density at radius 1 is 1.00 bits per heavy atom.